The Balaban J connectivity index is 3.35. The van der Waals surface area contributed by atoms with Crippen LogP contribution in [-0.2, 0) is 4.79 Å². The molecule has 1 amide bonds. The molecule has 2 N–H and O–H groups in total. The van der Waals surface area contributed by atoms with E-state index < -0.39 is 0 Å². The minimum atomic E-state index is -0.239. The normalized spacial score (nSPS) is 12.9. The van der Waals surface area contributed by atoms with Crippen LogP contribution in [0.2, 0.25) is 0 Å². The Labute approximate surface area is 86.3 Å². The van der Waals surface area contributed by atoms with E-state index in [-0.39, 0.29) is 12.0 Å². The Morgan fingerprint density at radius 2 is 2.14 bits per heavy atom. The molecule has 0 aromatic rings. The third-order valence-corrected chi connectivity index (χ3v) is 2.15. The van der Waals surface area contributed by atoms with Gasteiger partial charge in [-0.3, -0.25) is 4.79 Å². The van der Waals surface area contributed by atoms with Crippen LogP contribution in [0.25, 0.3) is 0 Å². The molecule has 1 unspecified atom stereocenters. The van der Waals surface area contributed by atoms with Crippen LogP contribution in [0.1, 0.15) is 26.2 Å². The molecule has 0 saturated heterocycles. The van der Waals surface area contributed by atoms with E-state index in [0.717, 1.165) is 25.9 Å². The molecule has 84 valence electrons. The molecule has 0 bridgehead atoms. The average Bonchev–Trinajstić information content (AvgIpc) is 2.14. The summed E-state index contributed by atoms with van der Waals surface area (Å²) in [7, 11) is 3.66. The molecule has 14 heavy (non-hydrogen) atoms. The highest BCUT2D eigenvalue weighted by atomic mass is 16.3. The largest absolute Gasteiger partial charge is 0.393 e. The first-order valence-electron chi connectivity index (χ1n) is 5.13. The average molecular weight is 202 g/mol. The summed E-state index contributed by atoms with van der Waals surface area (Å²) in [6.07, 6.45) is 2.00. The summed E-state index contributed by atoms with van der Waals surface area (Å²) in [5.41, 5.74) is 0. The molecule has 1 atom stereocenters. The van der Waals surface area contributed by atoms with Crippen molar-refractivity contribution in [3.63, 3.8) is 0 Å². The molecule has 0 aromatic carbocycles. The summed E-state index contributed by atoms with van der Waals surface area (Å²) in [6, 6.07) is 0. The number of aliphatic hydroxyl groups excluding tert-OH is 1. The molecule has 0 aliphatic rings. The molecule has 0 aliphatic heterocycles. The minimum absolute atomic E-state index is 0.0916. The smallest absolute Gasteiger partial charge is 0.219 e. The maximum absolute atomic E-state index is 10.9. The van der Waals surface area contributed by atoms with Crippen molar-refractivity contribution < 1.29 is 9.90 Å². The van der Waals surface area contributed by atoms with Crippen molar-refractivity contribution in [1.29, 1.82) is 0 Å². The number of amides is 1. The fourth-order valence-corrected chi connectivity index (χ4v) is 1.15. The van der Waals surface area contributed by atoms with E-state index in [1.165, 1.54) is 0 Å². The monoisotopic (exact) mass is 202 g/mol. The molecule has 0 fully saturated rings. The predicted molar refractivity (Wildman–Crippen MR) is 57.1 cm³/mol. The molecule has 0 saturated carbocycles. The number of hydrogen-bond donors (Lipinski definition) is 2. The minimum Gasteiger partial charge on any atom is -0.393 e. The van der Waals surface area contributed by atoms with E-state index in [2.05, 4.69) is 10.2 Å². The number of nitrogens with one attached hydrogen (secondary N) is 1. The van der Waals surface area contributed by atoms with Crippen LogP contribution in [0.5, 0.6) is 0 Å². The van der Waals surface area contributed by atoms with Gasteiger partial charge in [-0.15, -0.1) is 0 Å². The van der Waals surface area contributed by atoms with E-state index in [4.69, 9.17) is 5.11 Å². The standard InChI is InChI=1S/C10H22N2O2/c1-9(13)6-8-12(3)7-4-5-10(14)11-2/h9,13H,4-8H2,1-3H3,(H,11,14). The number of carbonyl (C=O) groups is 1. The van der Waals surface area contributed by atoms with Gasteiger partial charge in [-0.25, -0.2) is 0 Å². The van der Waals surface area contributed by atoms with Gasteiger partial charge in [-0.1, -0.05) is 0 Å². The van der Waals surface area contributed by atoms with Gasteiger partial charge in [-0.05, 0) is 33.4 Å². The number of nitrogens with zero attached hydrogens (tertiary/aromatic N) is 1. The highest BCUT2D eigenvalue weighted by Crippen LogP contribution is 1.96. The van der Waals surface area contributed by atoms with Crippen molar-refractivity contribution in [3.8, 4) is 0 Å². The molecular formula is C10H22N2O2. The van der Waals surface area contributed by atoms with Crippen molar-refractivity contribution in [2.24, 2.45) is 0 Å². The van der Waals surface area contributed by atoms with Gasteiger partial charge in [0.05, 0.1) is 6.10 Å². The Morgan fingerprint density at radius 1 is 1.50 bits per heavy atom. The van der Waals surface area contributed by atoms with Crippen LogP contribution in [0.4, 0.5) is 0 Å². The quantitative estimate of drug-likeness (QED) is 0.621. The Kier molecular flexibility index (Phi) is 7.42. The van der Waals surface area contributed by atoms with Crippen molar-refractivity contribution in [2.45, 2.75) is 32.3 Å². The summed E-state index contributed by atoms with van der Waals surface area (Å²) >= 11 is 0. The summed E-state index contributed by atoms with van der Waals surface area (Å²) in [5.74, 6) is 0.0916. The predicted octanol–water partition coefficient (Wildman–Crippen LogP) is 0.215. The van der Waals surface area contributed by atoms with Gasteiger partial charge in [0, 0.05) is 20.0 Å². The third-order valence-electron chi connectivity index (χ3n) is 2.15. The summed E-state index contributed by atoms with van der Waals surface area (Å²) in [4.78, 5) is 13.0. The SMILES string of the molecule is CNC(=O)CCCN(C)CCC(C)O. The first-order valence-corrected chi connectivity index (χ1v) is 5.13. The summed E-state index contributed by atoms with van der Waals surface area (Å²) in [5, 5.41) is 11.7. The maximum atomic E-state index is 10.9. The van der Waals surface area contributed by atoms with E-state index in [1.54, 1.807) is 14.0 Å². The zero-order valence-corrected chi connectivity index (χ0v) is 9.42. The van der Waals surface area contributed by atoms with Crippen LogP contribution in [0.3, 0.4) is 0 Å². The fourth-order valence-electron chi connectivity index (χ4n) is 1.15. The van der Waals surface area contributed by atoms with Gasteiger partial charge in [0.25, 0.3) is 0 Å². The van der Waals surface area contributed by atoms with E-state index in [9.17, 15) is 4.79 Å². The van der Waals surface area contributed by atoms with Crippen LogP contribution in [0, 0.1) is 0 Å². The number of carbonyl (C=O) groups excluding carboxylic acids is 1. The molecule has 0 aromatic heterocycles. The third kappa shape index (κ3) is 8.01. The molecule has 4 heteroatoms. The molecule has 0 aliphatic carbocycles. The molecule has 0 heterocycles. The van der Waals surface area contributed by atoms with Crippen LogP contribution < -0.4 is 5.32 Å². The van der Waals surface area contributed by atoms with Crippen molar-refractivity contribution in [2.75, 3.05) is 27.2 Å². The van der Waals surface area contributed by atoms with Crippen molar-refractivity contribution >= 4 is 5.91 Å². The second-order valence-corrected chi connectivity index (χ2v) is 3.72. The Morgan fingerprint density at radius 3 is 2.64 bits per heavy atom. The molecule has 0 radical (unpaired) electrons. The van der Waals surface area contributed by atoms with Gasteiger partial charge in [0.15, 0.2) is 0 Å². The second-order valence-electron chi connectivity index (χ2n) is 3.72. The van der Waals surface area contributed by atoms with Gasteiger partial charge in [0.1, 0.15) is 0 Å². The molecule has 0 rings (SSSR count). The van der Waals surface area contributed by atoms with Crippen LogP contribution >= 0.6 is 0 Å². The summed E-state index contributed by atoms with van der Waals surface area (Å²) in [6.45, 7) is 3.57. The molecule has 0 spiro atoms. The number of rotatable bonds is 7. The van der Waals surface area contributed by atoms with E-state index in [0.29, 0.717) is 6.42 Å². The first-order chi connectivity index (χ1) is 6.56. The lowest BCUT2D eigenvalue weighted by atomic mass is 10.2. The van der Waals surface area contributed by atoms with Crippen LogP contribution in [0.15, 0.2) is 0 Å². The Hall–Kier alpha value is -0.610. The van der Waals surface area contributed by atoms with E-state index >= 15 is 0 Å². The number of hydrogen-bond acceptors (Lipinski definition) is 3. The topological polar surface area (TPSA) is 52.6 Å². The first kappa shape index (κ1) is 13.4. The maximum Gasteiger partial charge on any atom is 0.219 e. The van der Waals surface area contributed by atoms with Crippen molar-refractivity contribution in [1.82, 2.24) is 10.2 Å². The van der Waals surface area contributed by atoms with Crippen LogP contribution in [-0.4, -0.2) is 49.2 Å². The van der Waals surface area contributed by atoms with Gasteiger partial charge in [-0.2, -0.15) is 0 Å². The lowest BCUT2D eigenvalue weighted by Gasteiger charge is -2.16. The second kappa shape index (κ2) is 7.76. The van der Waals surface area contributed by atoms with E-state index in [1.807, 2.05) is 7.05 Å². The number of aliphatic hydroxyl groups is 1. The van der Waals surface area contributed by atoms with Crippen molar-refractivity contribution in [3.05, 3.63) is 0 Å². The van der Waals surface area contributed by atoms with Gasteiger partial charge >= 0.3 is 0 Å². The zero-order chi connectivity index (χ0) is 11.0. The molecule has 4 nitrogen and oxygen atoms in total. The summed E-state index contributed by atoms with van der Waals surface area (Å²) < 4.78 is 0. The lowest BCUT2D eigenvalue weighted by Crippen LogP contribution is -2.25. The highest BCUT2D eigenvalue weighted by Gasteiger charge is 2.02. The Bertz CT molecular complexity index is 160. The van der Waals surface area contributed by atoms with Gasteiger partial charge < -0.3 is 15.3 Å². The fraction of sp³-hybridized carbons (Fsp3) is 0.900. The zero-order valence-electron chi connectivity index (χ0n) is 9.42. The van der Waals surface area contributed by atoms with Gasteiger partial charge in [0.2, 0.25) is 5.91 Å². The molecular weight excluding hydrogens is 180 g/mol. The lowest BCUT2D eigenvalue weighted by molar-refractivity contribution is -0.120. The highest BCUT2D eigenvalue weighted by molar-refractivity contribution is 5.75.